The number of nitrogens with zero attached hydrogens (tertiary/aromatic N) is 1. The third-order valence-electron chi connectivity index (χ3n) is 4.38. The molecule has 2 heterocycles. The summed E-state index contributed by atoms with van der Waals surface area (Å²) in [6.07, 6.45) is 5.45. The highest BCUT2D eigenvalue weighted by atomic mass is 16.4. The Morgan fingerprint density at radius 3 is 2.95 bits per heavy atom. The third-order valence-corrected chi connectivity index (χ3v) is 4.38. The van der Waals surface area contributed by atoms with Crippen LogP contribution in [0.25, 0.3) is 10.9 Å². The molecule has 1 aliphatic rings. The van der Waals surface area contributed by atoms with Gasteiger partial charge in [0, 0.05) is 41.7 Å². The SMILES string of the molecule is O=C(O)CCC1CCCCN1C(=O)c1ccc2[nH]ccc2c1. The number of nitrogens with one attached hydrogen (secondary N) is 1. The summed E-state index contributed by atoms with van der Waals surface area (Å²) in [4.78, 5) is 28.6. The predicted molar refractivity (Wildman–Crippen MR) is 83.8 cm³/mol. The lowest BCUT2D eigenvalue weighted by atomic mass is 9.96. The first-order chi connectivity index (χ1) is 10.6. The van der Waals surface area contributed by atoms with Crippen molar-refractivity contribution >= 4 is 22.8 Å². The molecule has 2 N–H and O–H groups in total. The number of carbonyl (C=O) groups is 2. The van der Waals surface area contributed by atoms with Crippen molar-refractivity contribution in [3.05, 3.63) is 36.0 Å². The zero-order valence-electron chi connectivity index (χ0n) is 12.4. The number of rotatable bonds is 4. The molecule has 1 aromatic heterocycles. The Kier molecular flexibility index (Phi) is 4.13. The average Bonchev–Trinajstić information content (AvgIpc) is 3.00. The van der Waals surface area contributed by atoms with Crippen molar-refractivity contribution in [2.24, 2.45) is 0 Å². The number of carboxylic acids is 1. The van der Waals surface area contributed by atoms with E-state index in [9.17, 15) is 9.59 Å². The highest BCUT2D eigenvalue weighted by Crippen LogP contribution is 2.24. The number of hydrogen-bond acceptors (Lipinski definition) is 2. The molecule has 1 aliphatic heterocycles. The van der Waals surface area contributed by atoms with E-state index >= 15 is 0 Å². The zero-order valence-corrected chi connectivity index (χ0v) is 12.4. The summed E-state index contributed by atoms with van der Waals surface area (Å²) in [5, 5.41) is 9.89. The Balaban J connectivity index is 1.79. The first-order valence-corrected chi connectivity index (χ1v) is 7.75. The van der Waals surface area contributed by atoms with Crippen molar-refractivity contribution in [1.82, 2.24) is 9.88 Å². The van der Waals surface area contributed by atoms with Gasteiger partial charge in [-0.3, -0.25) is 9.59 Å². The fourth-order valence-corrected chi connectivity index (χ4v) is 3.21. The van der Waals surface area contributed by atoms with E-state index in [0.717, 1.165) is 30.2 Å². The van der Waals surface area contributed by atoms with Crippen molar-refractivity contribution in [2.75, 3.05) is 6.54 Å². The van der Waals surface area contributed by atoms with Crippen molar-refractivity contribution in [1.29, 1.82) is 0 Å². The molecule has 5 heteroatoms. The molecular weight excluding hydrogens is 280 g/mol. The van der Waals surface area contributed by atoms with Gasteiger partial charge in [0.05, 0.1) is 0 Å². The maximum atomic E-state index is 12.8. The number of piperidine rings is 1. The molecule has 3 rings (SSSR count). The van der Waals surface area contributed by atoms with Gasteiger partial charge < -0.3 is 15.0 Å². The first kappa shape index (κ1) is 14.6. The molecule has 1 aromatic carbocycles. The van der Waals surface area contributed by atoms with Gasteiger partial charge in [-0.05, 0) is 49.9 Å². The average molecular weight is 300 g/mol. The highest BCUT2D eigenvalue weighted by Gasteiger charge is 2.27. The van der Waals surface area contributed by atoms with Gasteiger partial charge in [0.1, 0.15) is 0 Å². The molecule has 1 saturated heterocycles. The van der Waals surface area contributed by atoms with Crippen LogP contribution in [0, 0.1) is 0 Å². The molecule has 0 spiro atoms. The maximum absolute atomic E-state index is 12.8. The normalized spacial score (nSPS) is 18.5. The molecule has 1 amide bonds. The number of benzene rings is 1. The second-order valence-electron chi connectivity index (χ2n) is 5.86. The molecule has 1 atom stereocenters. The summed E-state index contributed by atoms with van der Waals surface area (Å²) in [6, 6.07) is 7.64. The van der Waals surface area contributed by atoms with E-state index in [-0.39, 0.29) is 18.4 Å². The molecule has 5 nitrogen and oxygen atoms in total. The maximum Gasteiger partial charge on any atom is 0.303 e. The third kappa shape index (κ3) is 2.98. The largest absolute Gasteiger partial charge is 0.481 e. The minimum atomic E-state index is -0.799. The summed E-state index contributed by atoms with van der Waals surface area (Å²) in [7, 11) is 0. The number of amides is 1. The molecular formula is C17H20N2O3. The molecule has 2 aromatic rings. The molecule has 1 fully saturated rings. The Morgan fingerprint density at radius 2 is 2.14 bits per heavy atom. The highest BCUT2D eigenvalue weighted by molar-refractivity contribution is 5.98. The summed E-state index contributed by atoms with van der Waals surface area (Å²) in [6.45, 7) is 0.717. The van der Waals surface area contributed by atoms with Gasteiger partial charge in [-0.1, -0.05) is 0 Å². The summed E-state index contributed by atoms with van der Waals surface area (Å²) >= 11 is 0. The van der Waals surface area contributed by atoms with Crippen molar-refractivity contribution in [3.8, 4) is 0 Å². The lowest BCUT2D eigenvalue weighted by Gasteiger charge is -2.35. The van der Waals surface area contributed by atoms with Gasteiger partial charge >= 0.3 is 5.97 Å². The first-order valence-electron chi connectivity index (χ1n) is 7.75. The van der Waals surface area contributed by atoms with Crippen molar-refractivity contribution in [3.63, 3.8) is 0 Å². The van der Waals surface area contributed by atoms with Crippen LogP contribution in [0.15, 0.2) is 30.5 Å². The van der Waals surface area contributed by atoms with Crippen LogP contribution in [-0.2, 0) is 4.79 Å². The van der Waals surface area contributed by atoms with E-state index in [4.69, 9.17) is 5.11 Å². The number of carbonyl (C=O) groups excluding carboxylic acids is 1. The molecule has 0 aliphatic carbocycles. The van der Waals surface area contributed by atoms with Gasteiger partial charge in [-0.25, -0.2) is 0 Å². The van der Waals surface area contributed by atoms with Gasteiger partial charge in [0.15, 0.2) is 0 Å². The smallest absolute Gasteiger partial charge is 0.303 e. The molecule has 1 unspecified atom stereocenters. The molecule has 0 bridgehead atoms. The van der Waals surface area contributed by atoms with Crippen LogP contribution in [0.2, 0.25) is 0 Å². The second kappa shape index (κ2) is 6.22. The van der Waals surface area contributed by atoms with Crippen LogP contribution in [0.1, 0.15) is 42.5 Å². The number of H-pyrrole nitrogens is 1. The van der Waals surface area contributed by atoms with Crippen LogP contribution in [-0.4, -0.2) is 39.5 Å². The number of aromatic nitrogens is 1. The van der Waals surface area contributed by atoms with E-state index in [1.165, 1.54) is 0 Å². The van der Waals surface area contributed by atoms with Crippen LogP contribution in [0.5, 0.6) is 0 Å². The summed E-state index contributed by atoms with van der Waals surface area (Å²) < 4.78 is 0. The summed E-state index contributed by atoms with van der Waals surface area (Å²) in [5.41, 5.74) is 1.69. The van der Waals surface area contributed by atoms with Gasteiger partial charge in [-0.15, -0.1) is 0 Å². The minimum absolute atomic E-state index is 0.0122. The van der Waals surface area contributed by atoms with E-state index in [2.05, 4.69) is 4.98 Å². The van der Waals surface area contributed by atoms with Crippen molar-refractivity contribution < 1.29 is 14.7 Å². The van der Waals surface area contributed by atoms with Crippen LogP contribution >= 0.6 is 0 Å². The van der Waals surface area contributed by atoms with E-state index in [1.54, 1.807) is 0 Å². The Labute approximate surface area is 128 Å². The van der Waals surface area contributed by atoms with Crippen LogP contribution in [0.4, 0.5) is 0 Å². The van der Waals surface area contributed by atoms with Gasteiger partial charge in [0.25, 0.3) is 5.91 Å². The Hall–Kier alpha value is -2.30. The Morgan fingerprint density at radius 1 is 1.27 bits per heavy atom. The second-order valence-corrected chi connectivity index (χ2v) is 5.86. The van der Waals surface area contributed by atoms with Crippen LogP contribution in [0.3, 0.4) is 0 Å². The number of aromatic amines is 1. The molecule has 0 radical (unpaired) electrons. The number of likely N-dealkylation sites (tertiary alicyclic amines) is 1. The topological polar surface area (TPSA) is 73.4 Å². The fraction of sp³-hybridized carbons (Fsp3) is 0.412. The molecule has 116 valence electrons. The lowest BCUT2D eigenvalue weighted by molar-refractivity contribution is -0.137. The van der Waals surface area contributed by atoms with E-state index < -0.39 is 5.97 Å². The zero-order chi connectivity index (χ0) is 15.5. The Bertz CT molecular complexity index is 692. The van der Waals surface area contributed by atoms with Crippen molar-refractivity contribution in [2.45, 2.75) is 38.1 Å². The standard InChI is InChI=1S/C17H20N2O3/c20-16(21)7-5-14-3-1-2-10-19(14)17(22)13-4-6-15-12(11-13)8-9-18-15/h4,6,8-9,11,14,18H,1-3,5,7,10H2,(H,20,21). The quantitative estimate of drug-likeness (QED) is 0.911. The summed E-state index contributed by atoms with van der Waals surface area (Å²) in [5.74, 6) is -0.787. The lowest BCUT2D eigenvalue weighted by Crippen LogP contribution is -2.43. The monoisotopic (exact) mass is 300 g/mol. The van der Waals surface area contributed by atoms with Gasteiger partial charge in [0.2, 0.25) is 0 Å². The fourth-order valence-electron chi connectivity index (χ4n) is 3.21. The van der Waals surface area contributed by atoms with Gasteiger partial charge in [-0.2, -0.15) is 0 Å². The number of carboxylic acid groups (broad SMARTS) is 1. The van der Waals surface area contributed by atoms with E-state index in [1.807, 2.05) is 35.4 Å². The molecule has 0 saturated carbocycles. The number of hydrogen-bond donors (Lipinski definition) is 2. The number of aliphatic carboxylic acids is 1. The predicted octanol–water partition coefficient (Wildman–Crippen LogP) is 3.03. The number of fused-ring (bicyclic) bond motifs is 1. The minimum Gasteiger partial charge on any atom is -0.481 e. The van der Waals surface area contributed by atoms with E-state index in [0.29, 0.717) is 18.5 Å². The van der Waals surface area contributed by atoms with Crippen LogP contribution < -0.4 is 0 Å². The molecule has 22 heavy (non-hydrogen) atoms.